The van der Waals surface area contributed by atoms with Crippen LogP contribution in [-0.4, -0.2) is 19.1 Å². The van der Waals surface area contributed by atoms with E-state index in [0.717, 1.165) is 83.5 Å². The summed E-state index contributed by atoms with van der Waals surface area (Å²) in [5.74, 6) is 0.922. The first-order chi connectivity index (χ1) is 31.7. The molecule has 0 bridgehead atoms. The van der Waals surface area contributed by atoms with Gasteiger partial charge in [-0.1, -0.05) is 176 Å². The predicted molar refractivity (Wildman–Crippen MR) is 268 cm³/mol. The van der Waals surface area contributed by atoms with Crippen LogP contribution in [-0.2, 0) is 0 Å². The van der Waals surface area contributed by atoms with Gasteiger partial charge in [-0.15, -0.1) is 0 Å². The number of fused-ring (bicyclic) bond motifs is 8. The molecule has 296 valence electrons. The molecule has 0 aliphatic rings. The van der Waals surface area contributed by atoms with E-state index >= 15 is 0 Å². The Balaban J connectivity index is 0.945. The van der Waals surface area contributed by atoms with E-state index in [-0.39, 0.29) is 0 Å². The van der Waals surface area contributed by atoms with E-state index in [1.54, 1.807) is 0 Å². The van der Waals surface area contributed by atoms with Crippen molar-refractivity contribution in [3.05, 3.63) is 218 Å². The molecule has 0 aliphatic heterocycles. The lowest BCUT2D eigenvalue weighted by atomic mass is 9.93. The second-order valence-corrected chi connectivity index (χ2v) is 16.9. The quantitative estimate of drug-likeness (QED) is 0.162. The lowest BCUT2D eigenvalue weighted by Gasteiger charge is -2.17. The number of hydrogen-bond acceptors (Lipinski definition) is 2. The standard InChI is InChI=1S/C60H36N4/c1-3-12-41(13-4-1)57-46-19-8-7-18-45(46)47-32-33-48-50-36-43(30-35-53(50)63(59(48)58(47)62-57)44-16-5-2-6-17-44)37-22-26-42(27-23-37)60-61-51-20-9-10-21-54(51)64(60)52-34-29-40-25-24-38-14-11-15-39-28-31-49(52)56(40)55(38)39/h1-36H. The SMILES string of the molecule is c1ccc(-c2nc3c(ccc4c5cc(-c6ccc(-c7nc8ccccc8n7-c7ccc8ccc9cccc%10ccc7c8c9%10)cc6)ccc5n(-c5ccccc5)c43)c3ccccc23)cc1. The van der Waals surface area contributed by atoms with Crippen molar-refractivity contribution in [3.63, 3.8) is 0 Å². The predicted octanol–water partition coefficient (Wildman–Crippen LogP) is 15.7. The molecule has 0 aliphatic carbocycles. The first-order valence-electron chi connectivity index (χ1n) is 21.9. The summed E-state index contributed by atoms with van der Waals surface area (Å²) in [6.45, 7) is 0. The van der Waals surface area contributed by atoms with E-state index in [2.05, 4.69) is 228 Å². The molecule has 0 unspecified atom stereocenters. The van der Waals surface area contributed by atoms with Gasteiger partial charge in [0.25, 0.3) is 0 Å². The van der Waals surface area contributed by atoms with E-state index in [9.17, 15) is 0 Å². The van der Waals surface area contributed by atoms with E-state index in [1.165, 1.54) is 48.5 Å². The van der Waals surface area contributed by atoms with Crippen LogP contribution in [0, 0.1) is 0 Å². The molecule has 64 heavy (non-hydrogen) atoms. The first kappa shape index (κ1) is 35.0. The Labute approximate surface area is 367 Å². The average molecular weight is 813 g/mol. The molecule has 3 heterocycles. The summed E-state index contributed by atoms with van der Waals surface area (Å²) in [5.41, 5.74) is 13.0. The molecule has 3 aromatic heterocycles. The third kappa shape index (κ3) is 5.05. The number of aromatic nitrogens is 4. The molecular weight excluding hydrogens is 777 g/mol. The van der Waals surface area contributed by atoms with Gasteiger partial charge in [0.2, 0.25) is 0 Å². The molecule has 0 spiro atoms. The zero-order chi connectivity index (χ0) is 41.9. The van der Waals surface area contributed by atoms with Gasteiger partial charge < -0.3 is 4.57 Å². The van der Waals surface area contributed by atoms with Crippen LogP contribution in [0.25, 0.3) is 132 Å². The van der Waals surface area contributed by atoms with E-state index < -0.39 is 0 Å². The minimum atomic E-state index is 0.922. The monoisotopic (exact) mass is 812 g/mol. The molecule has 11 aromatic carbocycles. The summed E-state index contributed by atoms with van der Waals surface area (Å²) in [6.07, 6.45) is 0. The van der Waals surface area contributed by atoms with Gasteiger partial charge in [0.05, 0.1) is 39.0 Å². The summed E-state index contributed by atoms with van der Waals surface area (Å²) in [7, 11) is 0. The smallest absolute Gasteiger partial charge is 0.145 e. The Morgan fingerprint density at radius 3 is 1.80 bits per heavy atom. The van der Waals surface area contributed by atoms with Crippen molar-refractivity contribution in [2.45, 2.75) is 0 Å². The van der Waals surface area contributed by atoms with Crippen molar-refractivity contribution in [1.29, 1.82) is 0 Å². The van der Waals surface area contributed by atoms with Crippen molar-refractivity contribution in [3.8, 4) is 45.1 Å². The summed E-state index contributed by atoms with van der Waals surface area (Å²) >= 11 is 0. The maximum Gasteiger partial charge on any atom is 0.145 e. The van der Waals surface area contributed by atoms with Crippen LogP contribution in [0.15, 0.2) is 218 Å². The molecule has 14 rings (SSSR count). The number of hydrogen-bond donors (Lipinski definition) is 0. The molecule has 0 amide bonds. The molecule has 14 aromatic rings. The molecule has 0 radical (unpaired) electrons. The lowest BCUT2D eigenvalue weighted by Crippen LogP contribution is -1.99. The highest BCUT2D eigenvalue weighted by Crippen LogP contribution is 2.43. The van der Waals surface area contributed by atoms with Crippen molar-refractivity contribution in [1.82, 2.24) is 19.1 Å². The maximum atomic E-state index is 5.56. The van der Waals surface area contributed by atoms with Crippen LogP contribution in [0.3, 0.4) is 0 Å². The van der Waals surface area contributed by atoms with Crippen LogP contribution in [0.1, 0.15) is 0 Å². The normalized spacial score (nSPS) is 12.1. The molecule has 0 saturated carbocycles. The van der Waals surface area contributed by atoms with Gasteiger partial charge in [-0.3, -0.25) is 4.57 Å². The summed E-state index contributed by atoms with van der Waals surface area (Å²) in [4.78, 5) is 10.9. The number of rotatable bonds is 5. The number of benzene rings is 11. The van der Waals surface area contributed by atoms with Gasteiger partial charge in [-0.2, -0.15) is 0 Å². The second-order valence-electron chi connectivity index (χ2n) is 16.9. The number of nitrogens with zero attached hydrogens (tertiary/aromatic N) is 4. The third-order valence-corrected chi connectivity index (χ3v) is 13.4. The number of para-hydroxylation sites is 3. The van der Waals surface area contributed by atoms with Gasteiger partial charge in [0.1, 0.15) is 5.82 Å². The lowest BCUT2D eigenvalue weighted by molar-refractivity contribution is 1.12. The van der Waals surface area contributed by atoms with Crippen LogP contribution >= 0.6 is 0 Å². The maximum absolute atomic E-state index is 5.56. The van der Waals surface area contributed by atoms with Gasteiger partial charge in [-0.25, -0.2) is 9.97 Å². The summed E-state index contributed by atoms with van der Waals surface area (Å²) < 4.78 is 4.76. The fourth-order valence-electron chi connectivity index (χ4n) is 10.5. The van der Waals surface area contributed by atoms with Crippen molar-refractivity contribution >= 4 is 86.8 Å². The summed E-state index contributed by atoms with van der Waals surface area (Å²) in [5, 5.41) is 13.5. The molecule has 0 saturated heterocycles. The van der Waals surface area contributed by atoms with Crippen LogP contribution < -0.4 is 0 Å². The first-order valence-corrected chi connectivity index (χ1v) is 21.9. The molecular formula is C60H36N4. The van der Waals surface area contributed by atoms with E-state index in [0.29, 0.717) is 0 Å². The average Bonchev–Trinajstić information content (AvgIpc) is 3.92. The van der Waals surface area contributed by atoms with E-state index in [1.807, 2.05) is 0 Å². The fraction of sp³-hybridized carbons (Fsp3) is 0. The van der Waals surface area contributed by atoms with Gasteiger partial charge in [0.15, 0.2) is 0 Å². The van der Waals surface area contributed by atoms with Crippen molar-refractivity contribution < 1.29 is 0 Å². The highest BCUT2D eigenvalue weighted by molar-refractivity contribution is 6.25. The molecule has 0 atom stereocenters. The fourth-order valence-corrected chi connectivity index (χ4v) is 10.5. The Kier molecular flexibility index (Phi) is 7.36. The summed E-state index contributed by atoms with van der Waals surface area (Å²) in [6, 6.07) is 79.0. The number of imidazole rings is 1. The van der Waals surface area contributed by atoms with Gasteiger partial charge in [0, 0.05) is 43.7 Å². The van der Waals surface area contributed by atoms with Gasteiger partial charge in [-0.05, 0) is 85.9 Å². The molecule has 4 nitrogen and oxygen atoms in total. The molecule has 4 heteroatoms. The Morgan fingerprint density at radius 2 is 0.969 bits per heavy atom. The van der Waals surface area contributed by atoms with Crippen molar-refractivity contribution in [2.75, 3.05) is 0 Å². The Hall–Kier alpha value is -8.60. The zero-order valence-electron chi connectivity index (χ0n) is 34.6. The largest absolute Gasteiger partial charge is 0.307 e. The topological polar surface area (TPSA) is 35.6 Å². The van der Waals surface area contributed by atoms with E-state index in [4.69, 9.17) is 9.97 Å². The molecule has 0 fully saturated rings. The zero-order valence-corrected chi connectivity index (χ0v) is 34.6. The Bertz CT molecular complexity index is 4150. The third-order valence-electron chi connectivity index (χ3n) is 13.4. The number of pyridine rings is 1. The van der Waals surface area contributed by atoms with Crippen molar-refractivity contribution in [2.24, 2.45) is 0 Å². The highest BCUT2D eigenvalue weighted by Gasteiger charge is 2.21. The highest BCUT2D eigenvalue weighted by atomic mass is 15.1. The molecule has 0 N–H and O–H groups in total. The van der Waals surface area contributed by atoms with Crippen LogP contribution in [0.4, 0.5) is 0 Å². The van der Waals surface area contributed by atoms with Crippen LogP contribution in [0.2, 0.25) is 0 Å². The second kappa shape index (κ2) is 13.4. The Morgan fingerprint density at radius 1 is 0.328 bits per heavy atom. The van der Waals surface area contributed by atoms with Crippen LogP contribution in [0.5, 0.6) is 0 Å². The minimum Gasteiger partial charge on any atom is -0.307 e. The van der Waals surface area contributed by atoms with Gasteiger partial charge >= 0.3 is 0 Å². The minimum absolute atomic E-state index is 0.922.